The zero-order chi connectivity index (χ0) is 13.1. The first kappa shape index (κ1) is 13.8. The van der Waals surface area contributed by atoms with E-state index >= 15 is 0 Å². The zero-order valence-electron chi connectivity index (χ0n) is 9.40. The minimum Gasteiger partial charge on any atom is -0.341 e. The second-order valence-corrected chi connectivity index (χ2v) is 3.31. The Labute approximate surface area is 102 Å². The van der Waals surface area contributed by atoms with Gasteiger partial charge in [0.25, 0.3) is 0 Å². The number of benzene rings is 1. The molecule has 0 unspecified atom stereocenters. The molecule has 0 radical (unpaired) electrons. The van der Waals surface area contributed by atoms with Gasteiger partial charge in [-0.2, -0.15) is 13.2 Å². The van der Waals surface area contributed by atoms with Crippen molar-refractivity contribution in [3.05, 3.63) is 29.6 Å². The SMILES string of the molecule is CC.FC(F)(F)c1ccc2nc(CCl)[nH]c2c1. The third kappa shape index (κ3) is 3.12. The summed E-state index contributed by atoms with van der Waals surface area (Å²) in [7, 11) is 0. The summed E-state index contributed by atoms with van der Waals surface area (Å²) in [5, 5.41) is 0. The fourth-order valence-corrected chi connectivity index (χ4v) is 1.43. The topological polar surface area (TPSA) is 28.7 Å². The highest BCUT2D eigenvalue weighted by Crippen LogP contribution is 2.30. The lowest BCUT2D eigenvalue weighted by molar-refractivity contribution is -0.137. The number of alkyl halides is 4. The maximum atomic E-state index is 12.3. The molecule has 0 bridgehead atoms. The van der Waals surface area contributed by atoms with E-state index in [0.717, 1.165) is 12.1 Å². The molecule has 17 heavy (non-hydrogen) atoms. The van der Waals surface area contributed by atoms with Gasteiger partial charge in [0.1, 0.15) is 5.82 Å². The van der Waals surface area contributed by atoms with Crippen molar-refractivity contribution < 1.29 is 13.2 Å². The second-order valence-electron chi connectivity index (χ2n) is 3.05. The van der Waals surface area contributed by atoms with Crippen molar-refractivity contribution in [2.24, 2.45) is 0 Å². The first-order valence-electron chi connectivity index (χ1n) is 5.12. The highest BCUT2D eigenvalue weighted by atomic mass is 35.5. The lowest BCUT2D eigenvalue weighted by Gasteiger charge is -2.05. The summed E-state index contributed by atoms with van der Waals surface area (Å²) in [6, 6.07) is 3.35. The molecule has 0 spiro atoms. The highest BCUT2D eigenvalue weighted by Gasteiger charge is 2.30. The van der Waals surface area contributed by atoms with Gasteiger partial charge in [-0.15, -0.1) is 11.6 Å². The molecule has 6 heteroatoms. The van der Waals surface area contributed by atoms with Crippen LogP contribution in [0.1, 0.15) is 25.2 Å². The maximum Gasteiger partial charge on any atom is 0.416 e. The van der Waals surface area contributed by atoms with Crippen molar-refractivity contribution in [3.63, 3.8) is 0 Å². The van der Waals surface area contributed by atoms with Crippen LogP contribution < -0.4 is 0 Å². The Morgan fingerprint density at radius 3 is 2.47 bits per heavy atom. The molecule has 94 valence electrons. The molecule has 0 amide bonds. The molecule has 0 aliphatic heterocycles. The van der Waals surface area contributed by atoms with Crippen molar-refractivity contribution >= 4 is 22.6 Å². The second kappa shape index (κ2) is 5.40. The summed E-state index contributed by atoms with van der Waals surface area (Å²) < 4.78 is 37.0. The minimum absolute atomic E-state index is 0.149. The number of hydrogen-bond donors (Lipinski definition) is 1. The molecule has 2 rings (SSSR count). The quantitative estimate of drug-likeness (QED) is 0.762. The van der Waals surface area contributed by atoms with Gasteiger partial charge in [0.05, 0.1) is 22.5 Å². The molecule has 1 aromatic carbocycles. The van der Waals surface area contributed by atoms with Gasteiger partial charge in [-0.1, -0.05) is 13.8 Å². The number of nitrogens with one attached hydrogen (secondary N) is 1. The maximum absolute atomic E-state index is 12.3. The van der Waals surface area contributed by atoms with Crippen LogP contribution in [0.25, 0.3) is 11.0 Å². The Hall–Kier alpha value is -1.23. The Bertz CT molecular complexity index is 491. The van der Waals surface area contributed by atoms with Crippen molar-refractivity contribution in [2.75, 3.05) is 0 Å². The van der Waals surface area contributed by atoms with Gasteiger partial charge in [-0.25, -0.2) is 4.98 Å². The Balaban J connectivity index is 0.000000686. The van der Waals surface area contributed by atoms with Crippen LogP contribution in [-0.2, 0) is 12.1 Å². The summed E-state index contributed by atoms with van der Waals surface area (Å²) in [6.07, 6.45) is -4.33. The lowest BCUT2D eigenvalue weighted by atomic mass is 10.2. The van der Waals surface area contributed by atoms with Crippen molar-refractivity contribution in [3.8, 4) is 0 Å². The van der Waals surface area contributed by atoms with Crippen LogP contribution in [0, 0.1) is 0 Å². The van der Waals surface area contributed by atoms with Gasteiger partial charge < -0.3 is 4.98 Å². The van der Waals surface area contributed by atoms with Crippen LogP contribution in [0.3, 0.4) is 0 Å². The van der Waals surface area contributed by atoms with Crippen molar-refractivity contribution in [2.45, 2.75) is 25.9 Å². The molecule has 0 aliphatic rings. The van der Waals surface area contributed by atoms with Crippen LogP contribution >= 0.6 is 11.6 Å². The molecule has 2 nitrogen and oxygen atoms in total. The number of nitrogens with zero attached hydrogens (tertiary/aromatic N) is 1. The van der Waals surface area contributed by atoms with Crippen LogP contribution in [0.15, 0.2) is 18.2 Å². The lowest BCUT2D eigenvalue weighted by Crippen LogP contribution is -2.04. The van der Waals surface area contributed by atoms with Crippen molar-refractivity contribution in [1.82, 2.24) is 9.97 Å². The average molecular weight is 265 g/mol. The van der Waals surface area contributed by atoms with Crippen LogP contribution in [-0.4, -0.2) is 9.97 Å². The van der Waals surface area contributed by atoms with Gasteiger partial charge in [0.15, 0.2) is 0 Å². The number of halogens is 4. The van der Waals surface area contributed by atoms with Gasteiger partial charge in [0.2, 0.25) is 0 Å². The molecule has 1 aromatic heterocycles. The van der Waals surface area contributed by atoms with E-state index in [1.54, 1.807) is 0 Å². The molecule has 2 aromatic rings. The third-order valence-electron chi connectivity index (χ3n) is 1.98. The molecule has 0 atom stereocenters. The largest absolute Gasteiger partial charge is 0.416 e. The average Bonchev–Trinajstić information content (AvgIpc) is 2.72. The summed E-state index contributed by atoms with van der Waals surface area (Å²) in [6.45, 7) is 4.00. The summed E-state index contributed by atoms with van der Waals surface area (Å²) >= 11 is 5.51. The molecule has 1 N–H and O–H groups in total. The number of aromatic amines is 1. The van der Waals surface area contributed by atoms with E-state index in [1.165, 1.54) is 6.07 Å². The molecule has 0 saturated heterocycles. The Morgan fingerprint density at radius 1 is 1.29 bits per heavy atom. The predicted octanol–water partition coefficient (Wildman–Crippen LogP) is 4.35. The Morgan fingerprint density at radius 2 is 1.94 bits per heavy atom. The van der Waals surface area contributed by atoms with Crippen LogP contribution in [0.2, 0.25) is 0 Å². The molecule has 1 heterocycles. The van der Waals surface area contributed by atoms with Crippen LogP contribution in [0.4, 0.5) is 13.2 Å². The van der Waals surface area contributed by atoms with E-state index in [2.05, 4.69) is 9.97 Å². The summed E-state index contributed by atoms with van der Waals surface area (Å²) in [5.41, 5.74) is 0.138. The molecule has 0 aliphatic carbocycles. The standard InChI is InChI=1S/C9H6ClF3N2.C2H6/c10-4-8-14-6-2-1-5(9(11,12)13)3-7(6)15-8;1-2/h1-3H,4H2,(H,14,15);1-2H3. The minimum atomic E-state index is -4.33. The monoisotopic (exact) mass is 264 g/mol. The first-order chi connectivity index (χ1) is 8.00. The van der Waals surface area contributed by atoms with E-state index in [-0.39, 0.29) is 5.88 Å². The van der Waals surface area contributed by atoms with E-state index in [1.807, 2.05) is 13.8 Å². The van der Waals surface area contributed by atoms with E-state index in [0.29, 0.717) is 16.9 Å². The normalized spacial score (nSPS) is 11.2. The van der Waals surface area contributed by atoms with Gasteiger partial charge in [0, 0.05) is 0 Å². The number of imidazole rings is 1. The number of hydrogen-bond acceptors (Lipinski definition) is 1. The number of rotatable bonds is 1. The zero-order valence-corrected chi connectivity index (χ0v) is 10.2. The number of aromatic nitrogens is 2. The Kier molecular flexibility index (Phi) is 4.40. The van der Waals surface area contributed by atoms with Crippen LogP contribution in [0.5, 0.6) is 0 Å². The van der Waals surface area contributed by atoms with E-state index in [4.69, 9.17) is 11.6 Å². The molecule has 0 saturated carbocycles. The number of fused-ring (bicyclic) bond motifs is 1. The summed E-state index contributed by atoms with van der Waals surface area (Å²) in [5.74, 6) is 0.613. The predicted molar refractivity (Wildman–Crippen MR) is 62.0 cm³/mol. The van der Waals surface area contributed by atoms with E-state index < -0.39 is 11.7 Å². The highest BCUT2D eigenvalue weighted by molar-refractivity contribution is 6.16. The van der Waals surface area contributed by atoms with Crippen molar-refractivity contribution in [1.29, 1.82) is 0 Å². The van der Waals surface area contributed by atoms with Gasteiger partial charge in [-0.05, 0) is 18.2 Å². The molecule has 0 fully saturated rings. The fraction of sp³-hybridized carbons (Fsp3) is 0.364. The van der Waals surface area contributed by atoms with Gasteiger partial charge >= 0.3 is 6.18 Å². The smallest absolute Gasteiger partial charge is 0.341 e. The van der Waals surface area contributed by atoms with E-state index in [9.17, 15) is 13.2 Å². The fourth-order valence-electron chi connectivity index (χ4n) is 1.30. The molecular formula is C11H12ClF3N2. The molecular weight excluding hydrogens is 253 g/mol. The summed E-state index contributed by atoms with van der Waals surface area (Å²) in [4.78, 5) is 6.71. The number of H-pyrrole nitrogens is 1. The third-order valence-corrected chi connectivity index (χ3v) is 2.24. The first-order valence-corrected chi connectivity index (χ1v) is 5.66. The van der Waals surface area contributed by atoms with Gasteiger partial charge in [-0.3, -0.25) is 0 Å².